The third kappa shape index (κ3) is 3.29. The number of rotatable bonds is 5. The van der Waals surface area contributed by atoms with Gasteiger partial charge >= 0.3 is 5.63 Å². The number of aliphatic carboxylic acids is 1. The van der Waals surface area contributed by atoms with Crippen molar-refractivity contribution in [3.05, 3.63) is 39.7 Å². The highest BCUT2D eigenvalue weighted by Gasteiger charge is 2.29. The highest BCUT2D eigenvalue weighted by molar-refractivity contribution is 5.86. The number of carbonyl (C=O) groups excluding carboxylic acids is 2. The maximum atomic E-state index is 12.3. The van der Waals surface area contributed by atoms with Crippen LogP contribution in [0.25, 0.3) is 11.0 Å². The van der Waals surface area contributed by atoms with Crippen molar-refractivity contribution in [3.8, 4) is 5.75 Å². The van der Waals surface area contributed by atoms with E-state index in [4.69, 9.17) is 9.15 Å². The van der Waals surface area contributed by atoms with Crippen LogP contribution in [-0.4, -0.2) is 36.0 Å². The zero-order valence-electron chi connectivity index (χ0n) is 14.7. The molecule has 3 rings (SSSR count). The number of carboxylic acids is 1. The molecule has 1 saturated heterocycles. The molecule has 2 heterocycles. The molecule has 0 radical (unpaired) electrons. The molecule has 1 aliphatic rings. The Bertz CT molecular complexity index is 916. The first-order valence-electron chi connectivity index (χ1n) is 8.61. The maximum absolute atomic E-state index is 12.3. The summed E-state index contributed by atoms with van der Waals surface area (Å²) in [5.41, 5.74) is 1.52. The Kier molecular flexibility index (Phi) is 4.97. The molecule has 26 heavy (non-hydrogen) atoms. The number of carboxylic acid groups (broad SMARTS) is 1. The Morgan fingerprint density at radius 3 is 2.85 bits per heavy atom. The second-order valence-electron chi connectivity index (χ2n) is 6.36. The van der Waals surface area contributed by atoms with Gasteiger partial charge < -0.3 is 24.0 Å². The number of amides is 1. The van der Waals surface area contributed by atoms with Gasteiger partial charge in [0.25, 0.3) is 5.91 Å². The summed E-state index contributed by atoms with van der Waals surface area (Å²) < 4.78 is 10.9. The van der Waals surface area contributed by atoms with Gasteiger partial charge in [0.05, 0.1) is 12.0 Å². The zero-order chi connectivity index (χ0) is 18.8. The van der Waals surface area contributed by atoms with Crippen molar-refractivity contribution in [2.75, 3.05) is 13.2 Å². The highest BCUT2D eigenvalue weighted by atomic mass is 16.5. The minimum absolute atomic E-state index is 0.284. The summed E-state index contributed by atoms with van der Waals surface area (Å²) in [4.78, 5) is 36.4. The summed E-state index contributed by atoms with van der Waals surface area (Å²) in [5, 5.41) is 11.9. The fourth-order valence-electron chi connectivity index (χ4n) is 3.39. The lowest BCUT2D eigenvalue weighted by atomic mass is 10.0. The Labute approximate surface area is 150 Å². The van der Waals surface area contributed by atoms with E-state index in [0.29, 0.717) is 42.7 Å². The molecule has 7 nitrogen and oxygen atoms in total. The van der Waals surface area contributed by atoms with Gasteiger partial charge in [-0.3, -0.25) is 4.79 Å². The number of nitrogens with zero attached hydrogens (tertiary/aromatic N) is 1. The molecular formula is C19H20NO6-. The van der Waals surface area contributed by atoms with Crippen molar-refractivity contribution in [1.82, 2.24) is 4.90 Å². The number of likely N-dealkylation sites (tertiary alicyclic amines) is 1. The molecule has 1 aliphatic heterocycles. The van der Waals surface area contributed by atoms with E-state index in [9.17, 15) is 19.5 Å². The van der Waals surface area contributed by atoms with Crippen molar-refractivity contribution in [2.45, 2.75) is 39.2 Å². The molecule has 2 aromatic rings. The molecule has 1 aromatic heterocycles. The highest BCUT2D eigenvalue weighted by Crippen LogP contribution is 2.29. The first kappa shape index (κ1) is 18.0. The predicted molar refractivity (Wildman–Crippen MR) is 91.8 cm³/mol. The van der Waals surface area contributed by atoms with Crippen LogP contribution >= 0.6 is 0 Å². The van der Waals surface area contributed by atoms with Gasteiger partial charge in [-0.2, -0.15) is 0 Å². The largest absolute Gasteiger partial charge is 0.548 e. The van der Waals surface area contributed by atoms with Crippen molar-refractivity contribution >= 4 is 22.8 Å². The molecule has 1 aromatic carbocycles. The first-order valence-corrected chi connectivity index (χ1v) is 8.61. The summed E-state index contributed by atoms with van der Waals surface area (Å²) >= 11 is 0. The molecule has 0 aliphatic carbocycles. The Morgan fingerprint density at radius 2 is 2.15 bits per heavy atom. The number of hydrogen-bond donors (Lipinski definition) is 0. The van der Waals surface area contributed by atoms with E-state index in [2.05, 4.69) is 0 Å². The number of aryl methyl sites for hydroxylation is 2. The first-order chi connectivity index (χ1) is 12.4. The van der Waals surface area contributed by atoms with E-state index in [0.717, 1.165) is 10.9 Å². The molecule has 7 heteroatoms. The second-order valence-corrected chi connectivity index (χ2v) is 6.36. The Morgan fingerprint density at radius 1 is 1.38 bits per heavy atom. The molecule has 138 valence electrons. The minimum atomic E-state index is -1.24. The van der Waals surface area contributed by atoms with Crippen LogP contribution in [0.4, 0.5) is 0 Å². The van der Waals surface area contributed by atoms with E-state index in [1.54, 1.807) is 19.1 Å². The maximum Gasteiger partial charge on any atom is 0.336 e. The molecule has 0 bridgehead atoms. The van der Waals surface area contributed by atoms with Crippen molar-refractivity contribution in [3.63, 3.8) is 0 Å². The van der Waals surface area contributed by atoms with Crippen LogP contribution in [0.1, 0.15) is 30.9 Å². The van der Waals surface area contributed by atoms with Gasteiger partial charge in [-0.1, -0.05) is 6.92 Å². The summed E-state index contributed by atoms with van der Waals surface area (Å²) in [6.07, 6.45) is 1.72. The van der Waals surface area contributed by atoms with Crippen molar-refractivity contribution in [2.24, 2.45) is 0 Å². The van der Waals surface area contributed by atoms with Crippen LogP contribution in [0, 0.1) is 6.92 Å². The topological polar surface area (TPSA) is 99.9 Å². The number of ether oxygens (including phenoxy) is 1. The van der Waals surface area contributed by atoms with Gasteiger partial charge in [-0.25, -0.2) is 4.79 Å². The lowest BCUT2D eigenvalue weighted by Gasteiger charge is -2.25. The van der Waals surface area contributed by atoms with Gasteiger partial charge in [-0.05, 0) is 43.9 Å². The van der Waals surface area contributed by atoms with Gasteiger partial charge in [-0.15, -0.1) is 0 Å². The number of carbonyl (C=O) groups is 2. The number of benzene rings is 1. The lowest BCUT2D eigenvalue weighted by molar-refractivity contribution is -0.310. The summed E-state index contributed by atoms with van der Waals surface area (Å²) in [6, 6.07) is 4.10. The van der Waals surface area contributed by atoms with E-state index in [1.165, 1.54) is 11.0 Å². The fraction of sp³-hybridized carbons (Fsp3) is 0.421. The summed E-state index contributed by atoms with van der Waals surface area (Å²) in [7, 11) is 0. The average Bonchev–Trinajstić information content (AvgIpc) is 3.11. The molecule has 1 amide bonds. The molecule has 1 fully saturated rings. The summed E-state index contributed by atoms with van der Waals surface area (Å²) in [5.74, 6) is -1.22. The Hall–Kier alpha value is -2.83. The van der Waals surface area contributed by atoms with Crippen LogP contribution in [0.3, 0.4) is 0 Å². The van der Waals surface area contributed by atoms with Gasteiger partial charge in [0.15, 0.2) is 6.61 Å². The smallest absolute Gasteiger partial charge is 0.336 e. The average molecular weight is 358 g/mol. The van der Waals surface area contributed by atoms with Crippen LogP contribution in [0.2, 0.25) is 0 Å². The van der Waals surface area contributed by atoms with Crippen LogP contribution in [-0.2, 0) is 16.0 Å². The van der Waals surface area contributed by atoms with E-state index < -0.39 is 23.5 Å². The third-order valence-corrected chi connectivity index (χ3v) is 4.77. The Balaban J connectivity index is 1.81. The molecule has 1 atom stereocenters. The lowest BCUT2D eigenvalue weighted by Crippen LogP contribution is -2.48. The second kappa shape index (κ2) is 7.19. The normalized spacial score (nSPS) is 16.8. The quantitative estimate of drug-likeness (QED) is 0.733. The molecule has 0 saturated carbocycles. The van der Waals surface area contributed by atoms with E-state index >= 15 is 0 Å². The van der Waals surface area contributed by atoms with Gasteiger partial charge in [0, 0.05) is 23.6 Å². The fourth-order valence-corrected chi connectivity index (χ4v) is 3.39. The number of fused-ring (bicyclic) bond motifs is 1. The van der Waals surface area contributed by atoms with Crippen LogP contribution in [0.5, 0.6) is 5.75 Å². The van der Waals surface area contributed by atoms with Gasteiger partial charge in [0.2, 0.25) is 0 Å². The van der Waals surface area contributed by atoms with Crippen LogP contribution < -0.4 is 15.5 Å². The minimum Gasteiger partial charge on any atom is -0.548 e. The molecular weight excluding hydrogens is 338 g/mol. The zero-order valence-corrected chi connectivity index (χ0v) is 14.7. The monoisotopic (exact) mass is 358 g/mol. The SMILES string of the molecule is CCc1cc(=O)oc2c(C)c(OCC(=O)N3CCC[C@H]3C(=O)[O-])ccc12. The number of hydrogen-bond acceptors (Lipinski definition) is 6. The molecule has 0 unspecified atom stereocenters. The van der Waals surface area contributed by atoms with Crippen molar-refractivity contribution in [1.29, 1.82) is 0 Å². The van der Waals surface area contributed by atoms with E-state index in [-0.39, 0.29) is 6.61 Å². The molecule has 0 N–H and O–H groups in total. The van der Waals surface area contributed by atoms with Crippen molar-refractivity contribution < 1.29 is 23.8 Å². The standard InChI is InChI=1S/C19H21NO6/c1-3-12-9-17(22)26-18-11(2)15(7-6-13(12)18)25-10-16(21)20-8-4-5-14(20)19(23)24/h6-7,9,14H,3-5,8,10H2,1-2H3,(H,23,24)/p-1/t14-/m0/s1. The van der Waals surface area contributed by atoms with Crippen LogP contribution in [0.15, 0.2) is 27.4 Å². The summed E-state index contributed by atoms with van der Waals surface area (Å²) in [6.45, 7) is 3.81. The van der Waals surface area contributed by atoms with E-state index in [1.807, 2.05) is 6.92 Å². The predicted octanol–water partition coefficient (Wildman–Crippen LogP) is 0.784. The van der Waals surface area contributed by atoms with Gasteiger partial charge in [0.1, 0.15) is 11.3 Å². The third-order valence-electron chi connectivity index (χ3n) is 4.77. The molecule has 0 spiro atoms.